The number of hydrogen-bond donors (Lipinski definition) is 0. The molecule has 3 heteroatoms. The molecular formula is C13H21N3. The summed E-state index contributed by atoms with van der Waals surface area (Å²) in [6, 6.07) is 0.447. The molecule has 0 aromatic carbocycles. The molecule has 1 aromatic rings. The summed E-state index contributed by atoms with van der Waals surface area (Å²) < 4.78 is 2.13. The molecule has 2 aliphatic carbocycles. The predicted octanol–water partition coefficient (Wildman–Crippen LogP) is 2.62. The van der Waals surface area contributed by atoms with Crippen molar-refractivity contribution in [2.24, 2.45) is 17.8 Å². The van der Waals surface area contributed by atoms with Crippen molar-refractivity contribution in [2.75, 3.05) is 0 Å². The summed E-state index contributed by atoms with van der Waals surface area (Å²) >= 11 is 0. The Balaban J connectivity index is 1.87. The molecule has 16 heavy (non-hydrogen) atoms. The maximum atomic E-state index is 4.37. The van der Waals surface area contributed by atoms with E-state index < -0.39 is 0 Å². The fourth-order valence-electron chi connectivity index (χ4n) is 3.41. The Morgan fingerprint density at radius 2 is 1.88 bits per heavy atom. The monoisotopic (exact) mass is 219 g/mol. The van der Waals surface area contributed by atoms with Gasteiger partial charge >= 0.3 is 0 Å². The van der Waals surface area contributed by atoms with Crippen molar-refractivity contribution in [3.63, 3.8) is 0 Å². The van der Waals surface area contributed by atoms with Gasteiger partial charge in [-0.25, -0.2) is 4.68 Å². The number of rotatable bonds is 1. The molecule has 0 aliphatic heterocycles. The largest absolute Gasteiger partial charge is 0.247 e. The lowest BCUT2D eigenvalue weighted by Crippen LogP contribution is -2.10. The maximum absolute atomic E-state index is 4.37. The van der Waals surface area contributed by atoms with E-state index in [1.807, 2.05) is 0 Å². The summed E-state index contributed by atoms with van der Waals surface area (Å²) in [5.41, 5.74) is 2.68. The van der Waals surface area contributed by atoms with Crippen LogP contribution in [0, 0.1) is 17.8 Å². The number of aryl methyl sites for hydroxylation is 1. The Morgan fingerprint density at radius 1 is 1.19 bits per heavy atom. The highest BCUT2D eigenvalue weighted by Gasteiger charge is 2.46. The molecule has 2 aliphatic rings. The molecule has 1 aromatic heterocycles. The standard InChI is InChI=1S/C13H21N3/c1-8(2)16-13-7-5-11-9(3)10(11)4-6-12(13)14-15-16/h8-11H,4-7H2,1-3H3. The van der Waals surface area contributed by atoms with Crippen molar-refractivity contribution >= 4 is 0 Å². The molecule has 1 fully saturated rings. The first-order chi connectivity index (χ1) is 7.68. The van der Waals surface area contributed by atoms with E-state index in [0.29, 0.717) is 6.04 Å². The fraction of sp³-hybridized carbons (Fsp3) is 0.846. The first-order valence-electron chi connectivity index (χ1n) is 6.61. The molecule has 0 bridgehead atoms. The van der Waals surface area contributed by atoms with Crippen molar-refractivity contribution < 1.29 is 0 Å². The topological polar surface area (TPSA) is 30.7 Å². The number of fused-ring (bicyclic) bond motifs is 2. The van der Waals surface area contributed by atoms with E-state index in [9.17, 15) is 0 Å². The van der Waals surface area contributed by atoms with Gasteiger partial charge in [0.2, 0.25) is 0 Å². The van der Waals surface area contributed by atoms with Crippen LogP contribution in [0.1, 0.15) is 51.0 Å². The van der Waals surface area contributed by atoms with E-state index in [1.54, 1.807) is 0 Å². The summed E-state index contributed by atoms with van der Waals surface area (Å²) in [5.74, 6) is 2.94. The van der Waals surface area contributed by atoms with Gasteiger partial charge in [0.25, 0.3) is 0 Å². The van der Waals surface area contributed by atoms with Crippen molar-refractivity contribution in [3.05, 3.63) is 11.4 Å². The van der Waals surface area contributed by atoms with E-state index in [4.69, 9.17) is 0 Å². The molecule has 1 heterocycles. The van der Waals surface area contributed by atoms with Crippen LogP contribution in [-0.2, 0) is 12.8 Å². The second-order valence-corrected chi connectivity index (χ2v) is 5.79. The predicted molar refractivity (Wildman–Crippen MR) is 63.2 cm³/mol. The van der Waals surface area contributed by atoms with Gasteiger partial charge in [0.05, 0.1) is 11.4 Å². The Kier molecular flexibility index (Phi) is 2.30. The van der Waals surface area contributed by atoms with Gasteiger partial charge in [-0.1, -0.05) is 12.1 Å². The summed E-state index contributed by atoms with van der Waals surface area (Å²) in [7, 11) is 0. The van der Waals surface area contributed by atoms with Gasteiger partial charge in [-0.15, -0.1) is 5.10 Å². The molecule has 3 unspecified atom stereocenters. The Labute approximate surface area is 97.2 Å². The van der Waals surface area contributed by atoms with Gasteiger partial charge in [-0.05, 0) is 57.3 Å². The van der Waals surface area contributed by atoms with Gasteiger partial charge in [-0.2, -0.15) is 0 Å². The van der Waals surface area contributed by atoms with E-state index in [0.717, 1.165) is 24.2 Å². The fourth-order valence-corrected chi connectivity index (χ4v) is 3.41. The van der Waals surface area contributed by atoms with E-state index in [1.165, 1.54) is 30.7 Å². The number of hydrogen-bond acceptors (Lipinski definition) is 2. The van der Waals surface area contributed by atoms with Crippen molar-refractivity contribution in [3.8, 4) is 0 Å². The second-order valence-electron chi connectivity index (χ2n) is 5.79. The van der Waals surface area contributed by atoms with Crippen LogP contribution in [0.3, 0.4) is 0 Å². The summed E-state index contributed by atoms with van der Waals surface area (Å²) in [4.78, 5) is 0. The van der Waals surface area contributed by atoms with Crippen LogP contribution < -0.4 is 0 Å². The summed E-state index contributed by atoms with van der Waals surface area (Å²) in [5, 5.41) is 8.68. The van der Waals surface area contributed by atoms with Gasteiger partial charge in [0.1, 0.15) is 0 Å². The first kappa shape index (κ1) is 10.3. The lowest BCUT2D eigenvalue weighted by atomic mass is 10.0. The molecule has 3 atom stereocenters. The molecule has 0 N–H and O–H groups in total. The van der Waals surface area contributed by atoms with E-state index in [-0.39, 0.29) is 0 Å². The molecule has 0 amide bonds. The lowest BCUT2D eigenvalue weighted by Gasteiger charge is -2.12. The zero-order valence-corrected chi connectivity index (χ0v) is 10.5. The van der Waals surface area contributed by atoms with Crippen molar-refractivity contribution in [2.45, 2.75) is 52.5 Å². The number of aromatic nitrogens is 3. The van der Waals surface area contributed by atoms with Crippen LogP contribution in [0.25, 0.3) is 0 Å². The lowest BCUT2D eigenvalue weighted by molar-refractivity contribution is 0.481. The Morgan fingerprint density at radius 3 is 2.56 bits per heavy atom. The molecule has 0 saturated heterocycles. The second kappa shape index (κ2) is 3.57. The molecule has 1 saturated carbocycles. The van der Waals surface area contributed by atoms with Gasteiger partial charge < -0.3 is 0 Å². The number of nitrogens with zero attached hydrogens (tertiary/aromatic N) is 3. The molecule has 3 nitrogen and oxygen atoms in total. The highest BCUT2D eigenvalue weighted by Crippen LogP contribution is 2.52. The minimum atomic E-state index is 0.447. The Hall–Kier alpha value is -0.860. The molecular weight excluding hydrogens is 198 g/mol. The highest BCUT2D eigenvalue weighted by atomic mass is 15.4. The zero-order valence-electron chi connectivity index (χ0n) is 10.5. The van der Waals surface area contributed by atoms with Crippen LogP contribution in [-0.4, -0.2) is 15.0 Å². The van der Waals surface area contributed by atoms with Crippen LogP contribution in [0.5, 0.6) is 0 Å². The van der Waals surface area contributed by atoms with E-state index in [2.05, 4.69) is 35.8 Å². The van der Waals surface area contributed by atoms with Crippen molar-refractivity contribution in [1.82, 2.24) is 15.0 Å². The van der Waals surface area contributed by atoms with Crippen LogP contribution in [0.15, 0.2) is 0 Å². The third kappa shape index (κ3) is 1.48. The smallest absolute Gasteiger partial charge is 0.0859 e. The SMILES string of the molecule is CC1C2CCc3nnn(C(C)C)c3CCC12. The third-order valence-electron chi connectivity index (χ3n) is 4.55. The molecule has 88 valence electrons. The van der Waals surface area contributed by atoms with Gasteiger partial charge in [-0.3, -0.25) is 0 Å². The minimum absolute atomic E-state index is 0.447. The van der Waals surface area contributed by atoms with Crippen LogP contribution in [0.2, 0.25) is 0 Å². The average molecular weight is 219 g/mol. The van der Waals surface area contributed by atoms with Gasteiger partial charge in [0.15, 0.2) is 0 Å². The molecule has 0 radical (unpaired) electrons. The summed E-state index contributed by atoms with van der Waals surface area (Å²) in [6.45, 7) is 6.79. The quantitative estimate of drug-likeness (QED) is 0.727. The minimum Gasteiger partial charge on any atom is -0.247 e. The average Bonchev–Trinajstić information content (AvgIpc) is 2.67. The zero-order chi connectivity index (χ0) is 11.3. The van der Waals surface area contributed by atoms with Gasteiger partial charge in [0, 0.05) is 6.04 Å². The van der Waals surface area contributed by atoms with Crippen LogP contribution in [0.4, 0.5) is 0 Å². The van der Waals surface area contributed by atoms with Crippen molar-refractivity contribution in [1.29, 1.82) is 0 Å². The van der Waals surface area contributed by atoms with E-state index >= 15 is 0 Å². The summed E-state index contributed by atoms with van der Waals surface area (Å²) in [6.07, 6.45) is 5.01. The molecule has 0 spiro atoms. The van der Waals surface area contributed by atoms with Crippen LogP contribution >= 0.6 is 0 Å². The highest BCUT2D eigenvalue weighted by molar-refractivity contribution is 5.15. The third-order valence-corrected chi connectivity index (χ3v) is 4.55. The maximum Gasteiger partial charge on any atom is 0.0859 e. The molecule has 3 rings (SSSR count). The normalized spacial score (nSPS) is 32.9. The Bertz CT molecular complexity index is 394. The first-order valence-corrected chi connectivity index (χ1v) is 6.61.